The van der Waals surface area contributed by atoms with Crippen LogP contribution in [0.4, 0.5) is 5.69 Å². The van der Waals surface area contributed by atoms with Crippen LogP contribution < -0.4 is 10.2 Å². The third-order valence-electron chi connectivity index (χ3n) is 4.63. The van der Waals surface area contributed by atoms with Crippen LogP contribution in [-0.4, -0.2) is 54.4 Å². The number of rotatable bonds is 6. The molecule has 9 heteroatoms. The fourth-order valence-electron chi connectivity index (χ4n) is 3.06. The summed E-state index contributed by atoms with van der Waals surface area (Å²) in [4.78, 5) is 26.4. The molecule has 1 atom stereocenters. The van der Waals surface area contributed by atoms with Gasteiger partial charge in [-0.3, -0.25) is 4.79 Å². The number of carboxylic acids is 1. The molecule has 2 aromatic rings. The zero-order valence-corrected chi connectivity index (χ0v) is 19.7. The van der Waals surface area contributed by atoms with Crippen molar-refractivity contribution in [2.45, 2.75) is 12.5 Å². The average Bonchev–Trinajstić information content (AvgIpc) is 2.72. The third-order valence-corrected chi connectivity index (χ3v) is 6.27. The average molecular weight is 622 g/mol. The van der Waals surface area contributed by atoms with Crippen molar-refractivity contribution in [1.82, 2.24) is 5.32 Å². The summed E-state index contributed by atoms with van der Waals surface area (Å²) in [7, 11) is 0. The maximum Gasteiger partial charge on any atom is 0.326 e. The van der Waals surface area contributed by atoms with Crippen LogP contribution in [-0.2, 0) is 16.0 Å². The molecule has 2 aromatic carbocycles. The van der Waals surface area contributed by atoms with Crippen LogP contribution in [0.3, 0.4) is 0 Å². The molecule has 0 spiro atoms. The molecule has 1 saturated heterocycles. The van der Waals surface area contributed by atoms with Crippen LogP contribution in [0.2, 0.25) is 0 Å². The molecular formula is C20H20I2N2O5. The molecule has 0 aliphatic carbocycles. The first-order valence-corrected chi connectivity index (χ1v) is 11.1. The molecule has 1 heterocycles. The Kier molecular flexibility index (Phi) is 7.57. The number of halogens is 2. The summed E-state index contributed by atoms with van der Waals surface area (Å²) >= 11 is 3.99. The molecule has 0 bridgehead atoms. The van der Waals surface area contributed by atoms with Gasteiger partial charge in [0, 0.05) is 30.8 Å². The van der Waals surface area contributed by atoms with E-state index in [0.29, 0.717) is 25.9 Å². The highest BCUT2D eigenvalue weighted by Crippen LogP contribution is 2.28. The molecule has 3 rings (SSSR count). The summed E-state index contributed by atoms with van der Waals surface area (Å²) in [5.41, 5.74) is 2.14. The van der Waals surface area contributed by atoms with E-state index in [1.807, 2.05) is 57.3 Å². The highest BCUT2D eigenvalue weighted by molar-refractivity contribution is 14.1. The van der Waals surface area contributed by atoms with Crippen molar-refractivity contribution < 1.29 is 24.5 Å². The van der Waals surface area contributed by atoms with Crippen molar-refractivity contribution in [3.05, 3.63) is 54.7 Å². The first-order chi connectivity index (χ1) is 13.8. The quantitative estimate of drug-likeness (QED) is 0.429. The van der Waals surface area contributed by atoms with E-state index in [2.05, 4.69) is 10.2 Å². The van der Waals surface area contributed by atoms with E-state index >= 15 is 0 Å². The number of carboxylic acid groups (broad SMARTS) is 1. The van der Waals surface area contributed by atoms with Gasteiger partial charge in [0.1, 0.15) is 11.8 Å². The van der Waals surface area contributed by atoms with Crippen molar-refractivity contribution in [1.29, 1.82) is 0 Å². The van der Waals surface area contributed by atoms with Gasteiger partial charge in [0.25, 0.3) is 5.91 Å². The van der Waals surface area contributed by atoms with Gasteiger partial charge >= 0.3 is 5.97 Å². The molecule has 0 aromatic heterocycles. The predicted molar refractivity (Wildman–Crippen MR) is 126 cm³/mol. The normalized spacial score (nSPS) is 15.0. The van der Waals surface area contributed by atoms with Gasteiger partial charge in [-0.05, 0) is 87.1 Å². The van der Waals surface area contributed by atoms with Crippen molar-refractivity contribution in [2.24, 2.45) is 0 Å². The van der Waals surface area contributed by atoms with Crippen LogP contribution >= 0.6 is 45.2 Å². The maximum atomic E-state index is 12.6. The first-order valence-electron chi connectivity index (χ1n) is 8.98. The molecule has 1 aliphatic rings. The number of carbonyl (C=O) groups excluding carboxylic acids is 1. The number of nitrogens with zero attached hydrogens (tertiary/aromatic N) is 1. The number of nitrogens with one attached hydrogen (secondary N) is 1. The number of phenolic OH excluding ortho intramolecular Hbond substituents is 1. The second kappa shape index (κ2) is 9.94. The van der Waals surface area contributed by atoms with Gasteiger partial charge in [0.2, 0.25) is 0 Å². The van der Waals surface area contributed by atoms with Crippen LogP contribution in [0.1, 0.15) is 15.9 Å². The Labute approximate surface area is 195 Å². The van der Waals surface area contributed by atoms with Crippen molar-refractivity contribution in [3.63, 3.8) is 0 Å². The van der Waals surface area contributed by atoms with Crippen molar-refractivity contribution in [2.75, 3.05) is 31.2 Å². The van der Waals surface area contributed by atoms with Crippen LogP contribution in [0.15, 0.2) is 36.4 Å². The molecule has 0 saturated carbocycles. The van der Waals surface area contributed by atoms with Gasteiger partial charge in [-0.15, -0.1) is 0 Å². The van der Waals surface area contributed by atoms with Crippen molar-refractivity contribution in [3.8, 4) is 5.75 Å². The minimum Gasteiger partial charge on any atom is -0.506 e. The van der Waals surface area contributed by atoms with Gasteiger partial charge < -0.3 is 25.2 Å². The Morgan fingerprint density at radius 1 is 1.10 bits per heavy atom. The number of hydrogen-bond acceptors (Lipinski definition) is 5. The summed E-state index contributed by atoms with van der Waals surface area (Å²) < 4.78 is 6.62. The lowest BCUT2D eigenvalue weighted by molar-refractivity contribution is -0.139. The molecule has 0 radical (unpaired) electrons. The fraction of sp³-hybridized carbons (Fsp3) is 0.300. The molecule has 3 N–H and O–H groups in total. The van der Waals surface area contributed by atoms with E-state index in [1.165, 1.54) is 0 Å². The number of anilines is 1. The lowest BCUT2D eigenvalue weighted by Gasteiger charge is -2.28. The largest absolute Gasteiger partial charge is 0.506 e. The lowest BCUT2D eigenvalue weighted by atomic mass is 10.0. The van der Waals surface area contributed by atoms with E-state index in [1.54, 1.807) is 24.3 Å². The van der Waals surface area contributed by atoms with Crippen molar-refractivity contribution >= 4 is 62.7 Å². The summed E-state index contributed by atoms with van der Waals surface area (Å²) in [6, 6.07) is 9.49. The Balaban J connectivity index is 1.68. The highest BCUT2D eigenvalue weighted by atomic mass is 127. The SMILES string of the molecule is O=C(NC(Cc1cc(I)c(O)c(I)c1)C(=O)O)c1ccc(N2CCOCC2)cc1. The van der Waals surface area contributed by atoms with E-state index in [4.69, 9.17) is 4.74 Å². The molecule has 1 aliphatic heterocycles. The monoisotopic (exact) mass is 622 g/mol. The Bertz CT molecular complexity index is 875. The minimum absolute atomic E-state index is 0.124. The van der Waals surface area contributed by atoms with Gasteiger partial charge in [-0.1, -0.05) is 0 Å². The standard InChI is InChI=1S/C20H20I2N2O5/c21-15-9-12(10-16(22)18(15)25)11-17(20(27)28)23-19(26)13-1-3-14(4-2-13)24-5-7-29-8-6-24/h1-4,9-10,17,25H,5-8,11H2,(H,23,26)(H,27,28). The number of benzene rings is 2. The molecule has 29 heavy (non-hydrogen) atoms. The summed E-state index contributed by atoms with van der Waals surface area (Å²) in [6.45, 7) is 2.96. The van der Waals surface area contributed by atoms with E-state index < -0.39 is 17.9 Å². The number of aliphatic carboxylic acids is 1. The van der Waals surface area contributed by atoms with E-state index in [9.17, 15) is 19.8 Å². The molecule has 1 amide bonds. The zero-order valence-electron chi connectivity index (χ0n) is 15.4. The predicted octanol–water partition coefficient (Wildman–Crippen LogP) is 2.86. The van der Waals surface area contributed by atoms with Gasteiger partial charge in [0.05, 0.1) is 20.4 Å². The van der Waals surface area contributed by atoms with E-state index in [-0.39, 0.29) is 12.2 Å². The van der Waals surface area contributed by atoms with Crippen LogP contribution in [0, 0.1) is 7.14 Å². The molecular weight excluding hydrogens is 602 g/mol. The second-order valence-electron chi connectivity index (χ2n) is 6.62. The first kappa shape index (κ1) is 22.1. The Morgan fingerprint density at radius 2 is 1.69 bits per heavy atom. The number of aromatic hydroxyl groups is 1. The number of amides is 1. The van der Waals surface area contributed by atoms with Gasteiger partial charge in [0.15, 0.2) is 0 Å². The molecule has 1 unspecified atom stereocenters. The summed E-state index contributed by atoms with van der Waals surface area (Å²) in [5, 5.41) is 22.0. The number of hydrogen-bond donors (Lipinski definition) is 3. The maximum absolute atomic E-state index is 12.6. The number of carbonyl (C=O) groups is 2. The van der Waals surface area contributed by atoms with Gasteiger partial charge in [-0.25, -0.2) is 4.79 Å². The zero-order chi connectivity index (χ0) is 21.0. The minimum atomic E-state index is -1.11. The fourth-order valence-corrected chi connectivity index (χ4v) is 4.96. The summed E-state index contributed by atoms with van der Waals surface area (Å²) in [6.07, 6.45) is 0.124. The smallest absolute Gasteiger partial charge is 0.326 e. The van der Waals surface area contributed by atoms with Gasteiger partial charge in [-0.2, -0.15) is 0 Å². The molecule has 154 valence electrons. The van der Waals surface area contributed by atoms with Crippen LogP contribution in [0.25, 0.3) is 0 Å². The van der Waals surface area contributed by atoms with E-state index in [0.717, 1.165) is 24.3 Å². The Morgan fingerprint density at radius 3 is 2.24 bits per heavy atom. The number of ether oxygens (including phenoxy) is 1. The Hall–Kier alpha value is -1.60. The third kappa shape index (κ3) is 5.72. The molecule has 7 nitrogen and oxygen atoms in total. The molecule has 1 fully saturated rings. The topological polar surface area (TPSA) is 99.1 Å². The highest BCUT2D eigenvalue weighted by Gasteiger charge is 2.22. The number of phenols is 1. The van der Waals surface area contributed by atoms with Crippen LogP contribution in [0.5, 0.6) is 5.75 Å². The lowest BCUT2D eigenvalue weighted by Crippen LogP contribution is -2.42. The second-order valence-corrected chi connectivity index (χ2v) is 8.95. The summed E-state index contributed by atoms with van der Waals surface area (Å²) in [5.74, 6) is -1.37. The number of morpholine rings is 1.